The second-order valence-corrected chi connectivity index (χ2v) is 6.56. The normalized spacial score (nSPS) is 29.5. The lowest BCUT2D eigenvalue weighted by atomic mass is 9.83. The fourth-order valence-corrected chi connectivity index (χ4v) is 2.96. The van der Waals surface area contributed by atoms with E-state index in [4.69, 9.17) is 0 Å². The Bertz CT molecular complexity index is 220. The van der Waals surface area contributed by atoms with E-state index in [-0.39, 0.29) is 12.4 Å². The largest absolute Gasteiger partial charge is 0.316 e. The van der Waals surface area contributed by atoms with E-state index in [1.54, 1.807) is 0 Å². The molecule has 0 aromatic carbocycles. The molecular formula is C14H29ClN2. The topological polar surface area (TPSA) is 15.3 Å². The van der Waals surface area contributed by atoms with Crippen LogP contribution in [-0.2, 0) is 0 Å². The predicted molar refractivity (Wildman–Crippen MR) is 76.9 cm³/mol. The van der Waals surface area contributed by atoms with Crippen LogP contribution in [0.5, 0.6) is 0 Å². The Morgan fingerprint density at radius 2 is 2.06 bits per heavy atom. The van der Waals surface area contributed by atoms with E-state index >= 15 is 0 Å². The van der Waals surface area contributed by atoms with Crippen LogP contribution in [0.25, 0.3) is 0 Å². The maximum Gasteiger partial charge on any atom is 0.00508 e. The molecule has 0 bridgehead atoms. The van der Waals surface area contributed by atoms with E-state index in [9.17, 15) is 0 Å². The van der Waals surface area contributed by atoms with Crippen LogP contribution in [0.15, 0.2) is 0 Å². The molecule has 1 N–H and O–H groups in total. The molecule has 3 heteroatoms. The van der Waals surface area contributed by atoms with Gasteiger partial charge in [-0.15, -0.1) is 12.4 Å². The van der Waals surface area contributed by atoms with E-state index in [1.807, 2.05) is 0 Å². The van der Waals surface area contributed by atoms with Crippen molar-refractivity contribution in [1.82, 2.24) is 10.2 Å². The van der Waals surface area contributed by atoms with E-state index in [0.717, 1.165) is 5.92 Å². The summed E-state index contributed by atoms with van der Waals surface area (Å²) in [5, 5.41) is 3.51. The van der Waals surface area contributed by atoms with Crippen LogP contribution >= 0.6 is 12.4 Å². The fraction of sp³-hybridized carbons (Fsp3) is 1.00. The van der Waals surface area contributed by atoms with Gasteiger partial charge in [0.05, 0.1) is 0 Å². The summed E-state index contributed by atoms with van der Waals surface area (Å²) in [5.41, 5.74) is 0.522. The van der Waals surface area contributed by atoms with Gasteiger partial charge in [0.25, 0.3) is 0 Å². The SMILES string of the molecule is CC(C)N(CC1CCC1)CC1(C)CCNC1.Cl. The molecule has 1 unspecified atom stereocenters. The Morgan fingerprint density at radius 3 is 2.47 bits per heavy atom. The van der Waals surface area contributed by atoms with Crippen LogP contribution in [0.2, 0.25) is 0 Å². The van der Waals surface area contributed by atoms with Crippen molar-refractivity contribution < 1.29 is 0 Å². The molecule has 1 heterocycles. The summed E-state index contributed by atoms with van der Waals surface area (Å²) in [6.07, 6.45) is 5.76. The highest BCUT2D eigenvalue weighted by Gasteiger charge is 2.32. The molecule has 2 nitrogen and oxygen atoms in total. The van der Waals surface area contributed by atoms with Crippen molar-refractivity contribution in [2.75, 3.05) is 26.2 Å². The number of rotatable bonds is 5. The zero-order chi connectivity index (χ0) is 11.6. The number of hydrogen-bond donors (Lipinski definition) is 1. The molecule has 1 atom stereocenters. The van der Waals surface area contributed by atoms with Crippen LogP contribution in [0.4, 0.5) is 0 Å². The van der Waals surface area contributed by atoms with Gasteiger partial charge in [0.15, 0.2) is 0 Å². The summed E-state index contributed by atoms with van der Waals surface area (Å²) in [7, 11) is 0. The van der Waals surface area contributed by atoms with E-state index in [2.05, 4.69) is 31.0 Å². The van der Waals surface area contributed by atoms with Gasteiger partial charge in [-0.3, -0.25) is 0 Å². The molecule has 102 valence electrons. The van der Waals surface area contributed by atoms with Gasteiger partial charge in [-0.25, -0.2) is 0 Å². The van der Waals surface area contributed by atoms with E-state index < -0.39 is 0 Å². The maximum absolute atomic E-state index is 3.51. The standard InChI is InChI=1S/C14H28N2.ClH/c1-12(2)16(9-13-5-4-6-13)11-14(3)7-8-15-10-14;/h12-13,15H,4-11H2,1-3H3;1H. The van der Waals surface area contributed by atoms with Crippen molar-refractivity contribution in [3.05, 3.63) is 0 Å². The minimum absolute atomic E-state index is 0. The van der Waals surface area contributed by atoms with Gasteiger partial charge in [0.2, 0.25) is 0 Å². The average molecular weight is 261 g/mol. The lowest BCUT2D eigenvalue weighted by Crippen LogP contribution is -2.44. The Kier molecular flexibility index (Phi) is 5.75. The van der Waals surface area contributed by atoms with Crippen LogP contribution in [0.1, 0.15) is 46.5 Å². The summed E-state index contributed by atoms with van der Waals surface area (Å²) in [6.45, 7) is 12.2. The first kappa shape index (κ1) is 15.3. The molecule has 0 radical (unpaired) electrons. The smallest absolute Gasteiger partial charge is 0.00508 e. The van der Waals surface area contributed by atoms with Crippen LogP contribution < -0.4 is 5.32 Å². The van der Waals surface area contributed by atoms with Crippen molar-refractivity contribution in [3.63, 3.8) is 0 Å². The van der Waals surface area contributed by atoms with Gasteiger partial charge in [-0.05, 0) is 51.0 Å². The van der Waals surface area contributed by atoms with Gasteiger partial charge in [-0.2, -0.15) is 0 Å². The van der Waals surface area contributed by atoms with Crippen molar-refractivity contribution in [1.29, 1.82) is 0 Å². The summed E-state index contributed by atoms with van der Waals surface area (Å²) >= 11 is 0. The zero-order valence-corrected chi connectivity index (χ0v) is 12.5. The summed E-state index contributed by atoms with van der Waals surface area (Å²) in [5.74, 6) is 1.00. The fourth-order valence-electron chi connectivity index (χ4n) is 2.96. The number of hydrogen-bond acceptors (Lipinski definition) is 2. The Labute approximate surface area is 113 Å². The third-order valence-electron chi connectivity index (χ3n) is 4.49. The first-order valence-electron chi connectivity index (χ1n) is 7.04. The van der Waals surface area contributed by atoms with Gasteiger partial charge in [0, 0.05) is 25.7 Å². The first-order valence-corrected chi connectivity index (χ1v) is 7.04. The highest BCUT2D eigenvalue weighted by molar-refractivity contribution is 5.85. The van der Waals surface area contributed by atoms with E-state index in [0.29, 0.717) is 11.5 Å². The summed E-state index contributed by atoms with van der Waals surface area (Å²) in [4.78, 5) is 2.72. The number of halogens is 1. The molecule has 1 saturated heterocycles. The molecule has 2 aliphatic rings. The quantitative estimate of drug-likeness (QED) is 0.818. The zero-order valence-electron chi connectivity index (χ0n) is 11.7. The minimum Gasteiger partial charge on any atom is -0.316 e. The molecule has 17 heavy (non-hydrogen) atoms. The molecule has 1 saturated carbocycles. The minimum atomic E-state index is 0. The Balaban J connectivity index is 0.00000144. The van der Waals surface area contributed by atoms with Crippen molar-refractivity contribution in [3.8, 4) is 0 Å². The lowest BCUT2D eigenvalue weighted by Gasteiger charge is -2.39. The summed E-state index contributed by atoms with van der Waals surface area (Å²) in [6, 6.07) is 0.707. The first-order chi connectivity index (χ1) is 7.59. The third kappa shape index (κ3) is 4.11. The molecule has 0 aromatic heterocycles. The average Bonchev–Trinajstić information content (AvgIpc) is 2.56. The maximum atomic E-state index is 3.51. The molecule has 0 aromatic rings. The highest BCUT2D eigenvalue weighted by atomic mass is 35.5. The molecule has 1 aliphatic carbocycles. The third-order valence-corrected chi connectivity index (χ3v) is 4.49. The Hall–Kier alpha value is 0.210. The molecule has 0 spiro atoms. The second kappa shape index (κ2) is 6.40. The summed E-state index contributed by atoms with van der Waals surface area (Å²) < 4.78 is 0. The molecule has 1 aliphatic heterocycles. The monoisotopic (exact) mass is 260 g/mol. The van der Waals surface area contributed by atoms with Crippen molar-refractivity contribution >= 4 is 12.4 Å². The van der Waals surface area contributed by atoms with Gasteiger partial charge >= 0.3 is 0 Å². The van der Waals surface area contributed by atoms with E-state index in [1.165, 1.54) is 51.9 Å². The Morgan fingerprint density at radius 1 is 1.35 bits per heavy atom. The van der Waals surface area contributed by atoms with Gasteiger partial charge in [0.1, 0.15) is 0 Å². The number of nitrogens with zero attached hydrogens (tertiary/aromatic N) is 1. The van der Waals surface area contributed by atoms with Crippen LogP contribution in [0, 0.1) is 11.3 Å². The van der Waals surface area contributed by atoms with Crippen molar-refractivity contribution in [2.45, 2.75) is 52.5 Å². The predicted octanol–water partition coefficient (Wildman–Crippen LogP) is 2.92. The molecule has 2 rings (SSSR count). The highest BCUT2D eigenvalue weighted by Crippen LogP contribution is 2.31. The van der Waals surface area contributed by atoms with Crippen molar-refractivity contribution in [2.24, 2.45) is 11.3 Å². The molecule has 0 amide bonds. The molecular weight excluding hydrogens is 232 g/mol. The van der Waals surface area contributed by atoms with Gasteiger partial charge < -0.3 is 10.2 Å². The molecule has 2 fully saturated rings. The van der Waals surface area contributed by atoms with Gasteiger partial charge in [-0.1, -0.05) is 13.3 Å². The van der Waals surface area contributed by atoms with Crippen LogP contribution in [0.3, 0.4) is 0 Å². The second-order valence-electron chi connectivity index (χ2n) is 6.56. The number of nitrogens with one attached hydrogen (secondary N) is 1. The van der Waals surface area contributed by atoms with Crippen LogP contribution in [-0.4, -0.2) is 37.1 Å². The lowest BCUT2D eigenvalue weighted by molar-refractivity contribution is 0.101.